The first-order valence-electron chi connectivity index (χ1n) is 5.30. The Morgan fingerprint density at radius 1 is 1.24 bits per heavy atom. The average molecular weight is 294 g/mol. The van der Waals surface area contributed by atoms with Crippen LogP contribution in [0.1, 0.15) is 15.9 Å². The summed E-state index contributed by atoms with van der Waals surface area (Å²) in [7, 11) is 0. The highest BCUT2D eigenvalue weighted by atomic mass is 79.9. The summed E-state index contributed by atoms with van der Waals surface area (Å²) in [5.74, 6) is -0.0546. The Balaban J connectivity index is 1.83. The van der Waals surface area contributed by atoms with E-state index in [1.165, 1.54) is 0 Å². The van der Waals surface area contributed by atoms with E-state index < -0.39 is 0 Å². The van der Waals surface area contributed by atoms with E-state index in [0.717, 1.165) is 16.5 Å². The summed E-state index contributed by atoms with van der Waals surface area (Å²) < 4.78 is 5.92. The van der Waals surface area contributed by atoms with Crippen molar-refractivity contribution in [3.8, 4) is 0 Å². The molecule has 2 rings (SSSR count). The van der Waals surface area contributed by atoms with Gasteiger partial charge in [0, 0.05) is 16.6 Å². The molecule has 0 saturated heterocycles. The van der Waals surface area contributed by atoms with Crippen molar-refractivity contribution in [3.05, 3.63) is 58.5 Å². The van der Waals surface area contributed by atoms with E-state index in [1.807, 2.05) is 18.2 Å². The first kappa shape index (κ1) is 11.9. The van der Waals surface area contributed by atoms with E-state index in [4.69, 9.17) is 4.42 Å². The van der Waals surface area contributed by atoms with E-state index in [1.54, 1.807) is 24.7 Å². The minimum Gasteiger partial charge on any atom is -0.472 e. The zero-order chi connectivity index (χ0) is 12.1. The molecule has 0 aliphatic heterocycles. The lowest BCUT2D eigenvalue weighted by molar-refractivity contribution is 0.0954. The Labute approximate surface area is 108 Å². The summed E-state index contributed by atoms with van der Waals surface area (Å²) in [5.41, 5.74) is 1.75. The third-order valence-electron chi connectivity index (χ3n) is 2.39. The second-order valence-corrected chi connectivity index (χ2v) is 4.56. The van der Waals surface area contributed by atoms with Gasteiger partial charge in [-0.15, -0.1) is 0 Å². The quantitative estimate of drug-likeness (QED) is 0.942. The molecule has 1 aromatic carbocycles. The number of furan rings is 1. The van der Waals surface area contributed by atoms with Gasteiger partial charge >= 0.3 is 0 Å². The minimum atomic E-state index is -0.0546. The predicted molar refractivity (Wildman–Crippen MR) is 68.9 cm³/mol. The molecular formula is C13H12BrNO2. The summed E-state index contributed by atoms with van der Waals surface area (Å²) >= 11 is 3.33. The third-order valence-corrected chi connectivity index (χ3v) is 2.91. The van der Waals surface area contributed by atoms with Crippen molar-refractivity contribution >= 4 is 21.8 Å². The molecular weight excluding hydrogens is 282 g/mol. The summed E-state index contributed by atoms with van der Waals surface area (Å²) in [6, 6.07) is 9.18. The van der Waals surface area contributed by atoms with Crippen LogP contribution in [-0.4, -0.2) is 12.5 Å². The topological polar surface area (TPSA) is 42.2 Å². The minimum absolute atomic E-state index is 0.0546. The van der Waals surface area contributed by atoms with Crippen molar-refractivity contribution in [2.75, 3.05) is 6.54 Å². The SMILES string of the molecule is O=C(NCCc1ccoc1)c1ccc(Br)cc1. The van der Waals surface area contributed by atoms with E-state index in [-0.39, 0.29) is 5.91 Å². The van der Waals surface area contributed by atoms with Gasteiger partial charge in [0.15, 0.2) is 0 Å². The molecule has 0 radical (unpaired) electrons. The highest BCUT2D eigenvalue weighted by molar-refractivity contribution is 9.10. The maximum Gasteiger partial charge on any atom is 0.251 e. The van der Waals surface area contributed by atoms with Gasteiger partial charge in [-0.05, 0) is 42.3 Å². The Hall–Kier alpha value is -1.55. The molecule has 0 aliphatic rings. The van der Waals surface area contributed by atoms with Crippen LogP contribution in [0.15, 0.2) is 51.7 Å². The zero-order valence-electron chi connectivity index (χ0n) is 9.15. The Kier molecular flexibility index (Phi) is 3.98. The van der Waals surface area contributed by atoms with Crippen LogP contribution in [0, 0.1) is 0 Å². The lowest BCUT2D eigenvalue weighted by Crippen LogP contribution is -2.25. The molecule has 3 nitrogen and oxygen atoms in total. The highest BCUT2D eigenvalue weighted by Gasteiger charge is 2.04. The van der Waals surface area contributed by atoms with Crippen molar-refractivity contribution in [1.29, 1.82) is 0 Å². The van der Waals surface area contributed by atoms with Gasteiger partial charge < -0.3 is 9.73 Å². The Morgan fingerprint density at radius 3 is 2.65 bits per heavy atom. The molecule has 0 saturated carbocycles. The lowest BCUT2D eigenvalue weighted by atomic mass is 10.2. The zero-order valence-corrected chi connectivity index (χ0v) is 10.7. The van der Waals surface area contributed by atoms with E-state index >= 15 is 0 Å². The van der Waals surface area contributed by atoms with Crippen LogP contribution in [0.5, 0.6) is 0 Å². The number of carbonyl (C=O) groups excluding carboxylic acids is 1. The third kappa shape index (κ3) is 3.46. The molecule has 1 N–H and O–H groups in total. The van der Waals surface area contributed by atoms with Gasteiger partial charge in [0.2, 0.25) is 0 Å². The molecule has 0 spiro atoms. The number of hydrogen-bond acceptors (Lipinski definition) is 2. The molecule has 2 aromatic rings. The second-order valence-electron chi connectivity index (χ2n) is 3.64. The van der Waals surface area contributed by atoms with Crippen LogP contribution in [0.3, 0.4) is 0 Å². The monoisotopic (exact) mass is 293 g/mol. The number of hydrogen-bond donors (Lipinski definition) is 1. The van der Waals surface area contributed by atoms with Crippen molar-refractivity contribution in [1.82, 2.24) is 5.32 Å². The normalized spacial score (nSPS) is 10.2. The molecule has 4 heteroatoms. The number of benzene rings is 1. The van der Waals surface area contributed by atoms with Gasteiger partial charge in [0.1, 0.15) is 0 Å². The molecule has 0 unspecified atom stereocenters. The Morgan fingerprint density at radius 2 is 2.00 bits per heavy atom. The van der Waals surface area contributed by atoms with Gasteiger partial charge in [-0.1, -0.05) is 15.9 Å². The maximum atomic E-state index is 11.7. The number of amides is 1. The summed E-state index contributed by atoms with van der Waals surface area (Å²) in [4.78, 5) is 11.7. The Bertz CT molecular complexity index is 477. The van der Waals surface area contributed by atoms with Crippen molar-refractivity contribution < 1.29 is 9.21 Å². The molecule has 0 fully saturated rings. The maximum absolute atomic E-state index is 11.7. The van der Waals surface area contributed by atoms with E-state index in [0.29, 0.717) is 12.1 Å². The summed E-state index contributed by atoms with van der Waals surface area (Å²) in [6.07, 6.45) is 4.09. The first-order valence-corrected chi connectivity index (χ1v) is 6.10. The molecule has 1 amide bonds. The highest BCUT2D eigenvalue weighted by Crippen LogP contribution is 2.10. The van der Waals surface area contributed by atoms with Gasteiger partial charge in [0.25, 0.3) is 5.91 Å². The smallest absolute Gasteiger partial charge is 0.251 e. The van der Waals surface area contributed by atoms with Crippen LogP contribution in [0.4, 0.5) is 0 Å². The van der Waals surface area contributed by atoms with Crippen LogP contribution in [0.25, 0.3) is 0 Å². The van der Waals surface area contributed by atoms with Gasteiger partial charge in [-0.25, -0.2) is 0 Å². The molecule has 0 bridgehead atoms. The first-order chi connectivity index (χ1) is 8.25. The van der Waals surface area contributed by atoms with Crippen molar-refractivity contribution in [3.63, 3.8) is 0 Å². The van der Waals surface area contributed by atoms with Gasteiger partial charge in [-0.3, -0.25) is 4.79 Å². The largest absolute Gasteiger partial charge is 0.472 e. The average Bonchev–Trinajstić information content (AvgIpc) is 2.83. The summed E-state index contributed by atoms with van der Waals surface area (Å²) in [5, 5.41) is 2.86. The van der Waals surface area contributed by atoms with Crippen LogP contribution >= 0.6 is 15.9 Å². The van der Waals surface area contributed by atoms with Crippen LogP contribution in [0.2, 0.25) is 0 Å². The number of nitrogens with one attached hydrogen (secondary N) is 1. The van der Waals surface area contributed by atoms with E-state index in [9.17, 15) is 4.79 Å². The van der Waals surface area contributed by atoms with Crippen molar-refractivity contribution in [2.45, 2.75) is 6.42 Å². The second kappa shape index (κ2) is 5.68. The molecule has 1 heterocycles. The van der Waals surface area contributed by atoms with Gasteiger partial charge in [-0.2, -0.15) is 0 Å². The predicted octanol–water partition coefficient (Wildman–Crippen LogP) is 3.01. The van der Waals surface area contributed by atoms with E-state index in [2.05, 4.69) is 21.2 Å². The fourth-order valence-electron chi connectivity index (χ4n) is 1.46. The molecule has 88 valence electrons. The fourth-order valence-corrected chi connectivity index (χ4v) is 1.72. The standard InChI is InChI=1S/C13H12BrNO2/c14-12-3-1-11(2-4-12)13(16)15-7-5-10-6-8-17-9-10/h1-4,6,8-9H,5,7H2,(H,15,16). The number of halogens is 1. The number of rotatable bonds is 4. The van der Waals surface area contributed by atoms with Crippen LogP contribution < -0.4 is 5.32 Å². The molecule has 17 heavy (non-hydrogen) atoms. The van der Waals surface area contributed by atoms with Gasteiger partial charge in [0.05, 0.1) is 12.5 Å². The molecule has 1 aromatic heterocycles. The van der Waals surface area contributed by atoms with Crippen molar-refractivity contribution in [2.24, 2.45) is 0 Å². The fraction of sp³-hybridized carbons (Fsp3) is 0.154. The van der Waals surface area contributed by atoms with Crippen LogP contribution in [-0.2, 0) is 6.42 Å². The molecule has 0 atom stereocenters. The summed E-state index contributed by atoms with van der Waals surface area (Å²) in [6.45, 7) is 0.606. The lowest BCUT2D eigenvalue weighted by Gasteiger charge is -2.04. The number of carbonyl (C=O) groups is 1. The molecule has 0 aliphatic carbocycles.